The van der Waals surface area contributed by atoms with Crippen LogP contribution in [0.15, 0.2) is 85.2 Å². The Labute approximate surface area is 189 Å². The highest BCUT2D eigenvalue weighted by molar-refractivity contribution is 6.04. The number of pyridine rings is 1. The second kappa shape index (κ2) is 8.58. The number of rotatable bonds is 6. The monoisotopic (exact) mass is 441 g/mol. The summed E-state index contributed by atoms with van der Waals surface area (Å²) in [7, 11) is 0. The number of aryl methyl sites for hydroxylation is 1. The van der Waals surface area contributed by atoms with Crippen molar-refractivity contribution in [2.24, 2.45) is 0 Å². The highest BCUT2D eigenvalue weighted by Gasteiger charge is 2.13. The van der Waals surface area contributed by atoms with E-state index in [2.05, 4.69) is 15.4 Å². The van der Waals surface area contributed by atoms with Crippen molar-refractivity contribution < 1.29 is 13.9 Å². The maximum atomic E-state index is 13.3. The summed E-state index contributed by atoms with van der Waals surface area (Å²) in [6, 6.07) is 20.4. The first kappa shape index (κ1) is 20.4. The van der Waals surface area contributed by atoms with Gasteiger partial charge in [-0.3, -0.25) is 4.79 Å². The number of nitrogens with zero attached hydrogens (tertiary/aromatic N) is 4. The zero-order valence-electron chi connectivity index (χ0n) is 17.8. The summed E-state index contributed by atoms with van der Waals surface area (Å²) in [5, 5.41) is 7.28. The Morgan fingerprint density at radius 3 is 2.73 bits per heavy atom. The molecule has 0 atom stereocenters. The van der Waals surface area contributed by atoms with Gasteiger partial charge in [0.2, 0.25) is 0 Å². The third-order valence-corrected chi connectivity index (χ3v) is 5.04. The second-order valence-electron chi connectivity index (χ2n) is 7.53. The lowest BCUT2D eigenvalue weighted by molar-refractivity contribution is 0.102. The van der Waals surface area contributed by atoms with E-state index in [9.17, 15) is 9.18 Å². The van der Waals surface area contributed by atoms with Gasteiger partial charge in [-0.2, -0.15) is 5.10 Å². The maximum absolute atomic E-state index is 13.3. The quantitative estimate of drug-likeness (QED) is 0.411. The molecule has 0 bridgehead atoms. The highest BCUT2D eigenvalue weighted by atomic mass is 19.1. The number of carbonyl (C=O) groups excluding carboxylic acids is 1. The van der Waals surface area contributed by atoms with Crippen molar-refractivity contribution in [1.29, 1.82) is 0 Å². The SMILES string of the molecule is Cc1cc(NC(=O)c2cccc(OCc3cn4ccccc4n3)c2)n(-c2ccc(F)cc2)n1. The number of hydrogen-bond donors (Lipinski definition) is 1. The van der Waals surface area contributed by atoms with E-state index in [1.54, 1.807) is 47.1 Å². The van der Waals surface area contributed by atoms with Crippen molar-refractivity contribution in [3.63, 3.8) is 0 Å². The average molecular weight is 441 g/mol. The third kappa shape index (κ3) is 4.45. The Morgan fingerprint density at radius 2 is 1.91 bits per heavy atom. The van der Waals surface area contributed by atoms with Crippen molar-refractivity contribution in [2.75, 3.05) is 5.32 Å². The van der Waals surface area contributed by atoms with Gasteiger partial charge >= 0.3 is 0 Å². The predicted octanol–water partition coefficient (Wildman–Crippen LogP) is 4.80. The molecule has 0 radical (unpaired) electrons. The summed E-state index contributed by atoms with van der Waals surface area (Å²) in [4.78, 5) is 17.4. The molecule has 1 amide bonds. The molecule has 7 nitrogen and oxygen atoms in total. The van der Waals surface area contributed by atoms with Crippen LogP contribution < -0.4 is 10.1 Å². The van der Waals surface area contributed by atoms with Gasteiger partial charge in [0.25, 0.3) is 5.91 Å². The van der Waals surface area contributed by atoms with Crippen molar-refractivity contribution in [2.45, 2.75) is 13.5 Å². The lowest BCUT2D eigenvalue weighted by atomic mass is 10.2. The van der Waals surface area contributed by atoms with E-state index in [0.29, 0.717) is 22.8 Å². The first-order chi connectivity index (χ1) is 16.0. The van der Waals surface area contributed by atoms with Crippen LogP contribution in [-0.2, 0) is 6.61 Å². The Bertz CT molecular complexity index is 1410. The van der Waals surface area contributed by atoms with Crippen molar-refractivity contribution in [3.8, 4) is 11.4 Å². The summed E-state index contributed by atoms with van der Waals surface area (Å²) in [5.41, 5.74) is 3.43. The summed E-state index contributed by atoms with van der Waals surface area (Å²) in [6.07, 6.45) is 3.83. The zero-order chi connectivity index (χ0) is 22.8. The number of imidazole rings is 1. The maximum Gasteiger partial charge on any atom is 0.256 e. The molecule has 1 N–H and O–H groups in total. The van der Waals surface area contributed by atoms with Gasteiger partial charge in [0, 0.05) is 24.0 Å². The molecule has 5 aromatic rings. The Balaban J connectivity index is 1.31. The van der Waals surface area contributed by atoms with Crippen LogP contribution in [0.1, 0.15) is 21.7 Å². The fraction of sp³-hybridized carbons (Fsp3) is 0.0800. The molecule has 0 aliphatic rings. The minimum Gasteiger partial charge on any atom is -0.487 e. The number of fused-ring (bicyclic) bond motifs is 1. The van der Waals surface area contributed by atoms with E-state index >= 15 is 0 Å². The van der Waals surface area contributed by atoms with Gasteiger partial charge in [-0.1, -0.05) is 12.1 Å². The Kier molecular flexibility index (Phi) is 5.32. The molecular formula is C25H20FN5O2. The Morgan fingerprint density at radius 1 is 1.06 bits per heavy atom. The first-order valence-corrected chi connectivity index (χ1v) is 10.3. The van der Waals surface area contributed by atoms with Gasteiger partial charge in [-0.25, -0.2) is 14.1 Å². The fourth-order valence-corrected chi connectivity index (χ4v) is 3.50. The Hall–Kier alpha value is -4.46. The van der Waals surface area contributed by atoms with Crippen molar-refractivity contribution >= 4 is 17.4 Å². The number of nitrogens with one attached hydrogen (secondary N) is 1. The molecule has 0 unspecified atom stereocenters. The number of ether oxygens (including phenoxy) is 1. The van der Waals surface area contributed by atoms with Gasteiger partial charge in [-0.05, 0) is 61.5 Å². The molecule has 0 fully saturated rings. The standard InChI is InChI=1S/C25H20FN5O2/c1-17-13-24(31(29-17)21-10-8-19(26)9-11-21)28-25(32)18-5-4-6-22(14-18)33-16-20-15-30-12-3-2-7-23(30)27-20/h2-15H,16H2,1H3,(H,28,32). The van der Waals surface area contributed by atoms with Gasteiger partial charge in [0.1, 0.15) is 29.6 Å². The van der Waals surface area contributed by atoms with E-state index in [0.717, 1.165) is 17.0 Å². The first-order valence-electron chi connectivity index (χ1n) is 10.3. The van der Waals surface area contributed by atoms with E-state index in [-0.39, 0.29) is 18.3 Å². The van der Waals surface area contributed by atoms with E-state index in [4.69, 9.17) is 4.74 Å². The lowest BCUT2D eigenvalue weighted by Crippen LogP contribution is -2.15. The fourth-order valence-electron chi connectivity index (χ4n) is 3.50. The van der Waals surface area contributed by atoms with Crippen LogP contribution in [0.3, 0.4) is 0 Å². The molecule has 3 aromatic heterocycles. The summed E-state index contributed by atoms with van der Waals surface area (Å²) < 4.78 is 22.6. The van der Waals surface area contributed by atoms with Gasteiger partial charge in [0.05, 0.1) is 17.1 Å². The zero-order valence-corrected chi connectivity index (χ0v) is 17.8. The summed E-state index contributed by atoms with van der Waals surface area (Å²) >= 11 is 0. The molecule has 0 saturated carbocycles. The predicted molar refractivity (Wildman–Crippen MR) is 122 cm³/mol. The molecule has 164 valence electrons. The topological polar surface area (TPSA) is 73.4 Å². The minimum atomic E-state index is -0.339. The molecular weight excluding hydrogens is 421 g/mol. The molecule has 3 heterocycles. The molecule has 0 aliphatic carbocycles. The molecule has 0 aliphatic heterocycles. The van der Waals surface area contributed by atoms with Gasteiger partial charge in [-0.15, -0.1) is 0 Å². The van der Waals surface area contributed by atoms with Crippen LogP contribution in [0.2, 0.25) is 0 Å². The number of benzene rings is 2. The van der Waals surface area contributed by atoms with E-state index < -0.39 is 0 Å². The van der Waals surface area contributed by atoms with E-state index in [1.165, 1.54) is 12.1 Å². The van der Waals surface area contributed by atoms with Crippen LogP contribution in [-0.4, -0.2) is 25.1 Å². The minimum absolute atomic E-state index is 0.281. The molecule has 5 rings (SSSR count). The van der Waals surface area contributed by atoms with Gasteiger partial charge in [0.15, 0.2) is 0 Å². The second-order valence-corrected chi connectivity index (χ2v) is 7.53. The molecule has 8 heteroatoms. The van der Waals surface area contributed by atoms with Crippen LogP contribution >= 0.6 is 0 Å². The molecule has 2 aromatic carbocycles. The number of anilines is 1. The number of hydrogen-bond acceptors (Lipinski definition) is 4. The number of amides is 1. The molecule has 0 saturated heterocycles. The van der Waals surface area contributed by atoms with Crippen molar-refractivity contribution in [3.05, 3.63) is 108 Å². The van der Waals surface area contributed by atoms with Crippen LogP contribution in [0.4, 0.5) is 10.2 Å². The van der Waals surface area contributed by atoms with E-state index in [1.807, 2.05) is 41.9 Å². The summed E-state index contributed by atoms with van der Waals surface area (Å²) in [5.74, 6) is 0.396. The van der Waals surface area contributed by atoms with Crippen LogP contribution in [0.25, 0.3) is 11.3 Å². The van der Waals surface area contributed by atoms with Crippen LogP contribution in [0.5, 0.6) is 5.75 Å². The smallest absolute Gasteiger partial charge is 0.256 e. The largest absolute Gasteiger partial charge is 0.487 e. The number of carbonyl (C=O) groups is 1. The van der Waals surface area contributed by atoms with Crippen molar-refractivity contribution in [1.82, 2.24) is 19.2 Å². The average Bonchev–Trinajstić information content (AvgIpc) is 3.41. The number of aromatic nitrogens is 4. The van der Waals surface area contributed by atoms with Crippen LogP contribution in [0, 0.1) is 12.7 Å². The molecule has 33 heavy (non-hydrogen) atoms. The highest BCUT2D eigenvalue weighted by Crippen LogP contribution is 2.20. The third-order valence-electron chi connectivity index (χ3n) is 5.04. The normalized spacial score (nSPS) is 11.0. The number of halogens is 1. The molecule has 0 spiro atoms. The van der Waals surface area contributed by atoms with Gasteiger partial charge < -0.3 is 14.5 Å². The lowest BCUT2D eigenvalue weighted by Gasteiger charge is -2.10. The summed E-state index contributed by atoms with van der Waals surface area (Å²) in [6.45, 7) is 2.10.